The van der Waals surface area contributed by atoms with Crippen LogP contribution in [-0.2, 0) is 4.79 Å². The van der Waals surface area contributed by atoms with E-state index in [2.05, 4.69) is 21.2 Å². The number of hydrogen-bond donors (Lipinski definition) is 1. The van der Waals surface area contributed by atoms with Gasteiger partial charge in [0.15, 0.2) is 11.5 Å². The molecule has 1 unspecified atom stereocenters. The van der Waals surface area contributed by atoms with Gasteiger partial charge in [-0.05, 0) is 18.1 Å². The molecule has 104 valence electrons. The maximum Gasteiger partial charge on any atom is 0.246 e. The zero-order valence-electron chi connectivity index (χ0n) is 11.5. The van der Waals surface area contributed by atoms with Gasteiger partial charge in [0, 0.05) is 25.6 Å². The molecule has 0 bridgehead atoms. The van der Waals surface area contributed by atoms with Crippen LogP contribution in [0.3, 0.4) is 0 Å². The highest BCUT2D eigenvalue weighted by Gasteiger charge is 2.31. The van der Waals surface area contributed by atoms with E-state index in [1.807, 2.05) is 33.8 Å². The van der Waals surface area contributed by atoms with Crippen LogP contribution in [0.25, 0.3) is 0 Å². The van der Waals surface area contributed by atoms with Gasteiger partial charge in [0.2, 0.25) is 11.7 Å². The number of fused-ring (bicyclic) bond motifs is 1. The molecule has 1 heterocycles. The van der Waals surface area contributed by atoms with Crippen LogP contribution < -0.4 is 14.8 Å². The van der Waals surface area contributed by atoms with E-state index < -0.39 is 5.79 Å². The molecular formula is C14H18BrNO3. The number of benzene rings is 1. The molecule has 2 rings (SSSR count). The van der Waals surface area contributed by atoms with Crippen molar-refractivity contribution in [3.05, 3.63) is 18.2 Å². The molecule has 19 heavy (non-hydrogen) atoms. The second-order valence-electron chi connectivity index (χ2n) is 5.40. The number of halogens is 1. The van der Waals surface area contributed by atoms with Crippen molar-refractivity contribution in [1.82, 2.24) is 0 Å². The van der Waals surface area contributed by atoms with Gasteiger partial charge in [0.05, 0.1) is 4.83 Å². The Hall–Kier alpha value is -1.23. The lowest BCUT2D eigenvalue weighted by atomic mass is 10.1. The molecule has 1 atom stereocenters. The Kier molecular flexibility index (Phi) is 3.76. The summed E-state index contributed by atoms with van der Waals surface area (Å²) in [5.41, 5.74) is 0.704. The van der Waals surface area contributed by atoms with Gasteiger partial charge >= 0.3 is 0 Å². The van der Waals surface area contributed by atoms with Crippen molar-refractivity contribution >= 4 is 27.5 Å². The van der Waals surface area contributed by atoms with Gasteiger partial charge in [0.25, 0.3) is 0 Å². The first-order valence-corrected chi connectivity index (χ1v) is 7.17. The van der Waals surface area contributed by atoms with Crippen LogP contribution in [0.2, 0.25) is 0 Å². The Morgan fingerprint density at radius 1 is 1.26 bits per heavy atom. The topological polar surface area (TPSA) is 47.6 Å². The summed E-state index contributed by atoms with van der Waals surface area (Å²) >= 11 is 3.38. The highest BCUT2D eigenvalue weighted by molar-refractivity contribution is 9.10. The summed E-state index contributed by atoms with van der Waals surface area (Å²) in [5.74, 6) is 0.864. The molecule has 1 amide bonds. The fraction of sp³-hybridized carbons (Fsp3) is 0.500. The summed E-state index contributed by atoms with van der Waals surface area (Å²) in [6.07, 6.45) is 0. The van der Waals surface area contributed by atoms with Crippen molar-refractivity contribution in [2.24, 2.45) is 5.92 Å². The van der Waals surface area contributed by atoms with Gasteiger partial charge in [-0.2, -0.15) is 0 Å². The van der Waals surface area contributed by atoms with Gasteiger partial charge in [-0.3, -0.25) is 4.79 Å². The van der Waals surface area contributed by atoms with Crippen LogP contribution in [-0.4, -0.2) is 16.5 Å². The van der Waals surface area contributed by atoms with Crippen LogP contribution in [0.15, 0.2) is 18.2 Å². The summed E-state index contributed by atoms with van der Waals surface area (Å²) in [5, 5.41) is 2.86. The number of carbonyl (C=O) groups is 1. The molecule has 0 radical (unpaired) electrons. The quantitative estimate of drug-likeness (QED) is 0.863. The van der Waals surface area contributed by atoms with Crippen LogP contribution in [0.1, 0.15) is 27.7 Å². The molecule has 5 heteroatoms. The second-order valence-corrected chi connectivity index (χ2v) is 6.39. The number of alkyl halides is 1. The van der Waals surface area contributed by atoms with Crippen LogP contribution in [0, 0.1) is 5.92 Å². The number of carbonyl (C=O) groups excluding carboxylic acids is 1. The summed E-state index contributed by atoms with van der Waals surface area (Å²) in [6, 6.07) is 5.39. The predicted octanol–water partition coefficient (Wildman–Crippen LogP) is 3.55. The highest BCUT2D eigenvalue weighted by Crippen LogP contribution is 2.40. The van der Waals surface area contributed by atoms with Crippen molar-refractivity contribution < 1.29 is 14.3 Å². The minimum Gasteiger partial charge on any atom is -0.449 e. The lowest BCUT2D eigenvalue weighted by molar-refractivity contribution is -0.116. The molecule has 1 aromatic rings. The normalized spacial score (nSPS) is 17.4. The first-order valence-electron chi connectivity index (χ1n) is 6.25. The van der Waals surface area contributed by atoms with E-state index in [1.165, 1.54) is 0 Å². The van der Waals surface area contributed by atoms with Crippen molar-refractivity contribution in [1.29, 1.82) is 0 Å². The second kappa shape index (κ2) is 5.04. The van der Waals surface area contributed by atoms with E-state index >= 15 is 0 Å². The van der Waals surface area contributed by atoms with Crippen LogP contribution in [0.4, 0.5) is 5.69 Å². The van der Waals surface area contributed by atoms with E-state index in [0.717, 1.165) is 0 Å². The molecule has 0 spiro atoms. The molecule has 0 aromatic heterocycles. The number of amides is 1. The van der Waals surface area contributed by atoms with E-state index in [1.54, 1.807) is 12.1 Å². The standard InChI is InChI=1S/C14H18BrNO3/c1-8(2)12(15)13(17)16-9-5-6-10-11(7-9)19-14(3,4)18-10/h5-8,12H,1-4H3,(H,16,17). The van der Waals surface area contributed by atoms with Crippen molar-refractivity contribution in [3.63, 3.8) is 0 Å². The first kappa shape index (κ1) is 14.2. The largest absolute Gasteiger partial charge is 0.449 e. The third kappa shape index (κ3) is 3.21. The van der Waals surface area contributed by atoms with Gasteiger partial charge in [-0.25, -0.2) is 0 Å². The van der Waals surface area contributed by atoms with Crippen molar-refractivity contribution in [3.8, 4) is 11.5 Å². The third-order valence-electron chi connectivity index (χ3n) is 2.76. The lowest BCUT2D eigenvalue weighted by Gasteiger charge is -2.16. The molecule has 0 fully saturated rings. The molecule has 0 saturated carbocycles. The SMILES string of the molecule is CC(C)C(Br)C(=O)Nc1ccc2c(c1)OC(C)(C)O2. The van der Waals surface area contributed by atoms with E-state index in [9.17, 15) is 4.79 Å². The summed E-state index contributed by atoms with van der Waals surface area (Å²) < 4.78 is 11.2. The van der Waals surface area contributed by atoms with Crippen LogP contribution in [0.5, 0.6) is 11.5 Å². The van der Waals surface area contributed by atoms with Gasteiger partial charge in [0.1, 0.15) is 0 Å². The molecule has 0 saturated heterocycles. The molecule has 0 aliphatic carbocycles. The zero-order valence-corrected chi connectivity index (χ0v) is 13.1. The zero-order chi connectivity index (χ0) is 14.2. The molecule has 1 N–H and O–H groups in total. The average molecular weight is 328 g/mol. The van der Waals surface area contributed by atoms with E-state index in [-0.39, 0.29) is 16.7 Å². The number of ether oxygens (including phenoxy) is 2. The van der Waals surface area contributed by atoms with Gasteiger partial charge < -0.3 is 14.8 Å². The monoisotopic (exact) mass is 327 g/mol. The minimum atomic E-state index is -0.652. The Bertz CT molecular complexity index is 499. The maximum absolute atomic E-state index is 12.0. The molecule has 1 aliphatic rings. The number of rotatable bonds is 3. The first-order chi connectivity index (χ1) is 8.78. The van der Waals surface area contributed by atoms with Crippen LogP contribution >= 0.6 is 15.9 Å². The van der Waals surface area contributed by atoms with Gasteiger partial charge in [-0.15, -0.1) is 0 Å². The Labute approximate surface area is 121 Å². The summed E-state index contributed by atoms with van der Waals surface area (Å²) in [6.45, 7) is 7.67. The average Bonchev–Trinajstić information content (AvgIpc) is 2.60. The molecule has 1 aliphatic heterocycles. The minimum absolute atomic E-state index is 0.0619. The number of hydrogen-bond acceptors (Lipinski definition) is 3. The molecular weight excluding hydrogens is 310 g/mol. The highest BCUT2D eigenvalue weighted by atomic mass is 79.9. The van der Waals surface area contributed by atoms with E-state index in [4.69, 9.17) is 9.47 Å². The Balaban J connectivity index is 2.11. The predicted molar refractivity (Wildman–Crippen MR) is 78.0 cm³/mol. The van der Waals surface area contributed by atoms with Crippen molar-refractivity contribution in [2.45, 2.75) is 38.3 Å². The number of anilines is 1. The third-order valence-corrected chi connectivity index (χ3v) is 4.23. The van der Waals surface area contributed by atoms with Gasteiger partial charge in [-0.1, -0.05) is 29.8 Å². The lowest BCUT2D eigenvalue weighted by Crippen LogP contribution is -2.29. The summed E-state index contributed by atoms with van der Waals surface area (Å²) in [7, 11) is 0. The maximum atomic E-state index is 12.0. The fourth-order valence-electron chi connectivity index (χ4n) is 1.81. The Morgan fingerprint density at radius 3 is 2.53 bits per heavy atom. The van der Waals surface area contributed by atoms with E-state index in [0.29, 0.717) is 17.2 Å². The van der Waals surface area contributed by atoms with Crippen molar-refractivity contribution in [2.75, 3.05) is 5.32 Å². The fourth-order valence-corrected chi connectivity index (χ4v) is 1.93. The number of nitrogens with one attached hydrogen (secondary N) is 1. The molecule has 1 aromatic carbocycles. The summed E-state index contributed by atoms with van der Waals surface area (Å²) in [4.78, 5) is 11.7. The molecule has 4 nitrogen and oxygen atoms in total. The Morgan fingerprint density at radius 2 is 1.89 bits per heavy atom. The smallest absolute Gasteiger partial charge is 0.246 e.